The van der Waals surface area contributed by atoms with Crippen LogP contribution < -0.4 is 9.47 Å². The molecule has 16 heavy (non-hydrogen) atoms. The van der Waals surface area contributed by atoms with Gasteiger partial charge in [0.05, 0.1) is 19.8 Å². The molecule has 1 aliphatic rings. The number of aromatic nitrogens is 1. The average Bonchev–Trinajstić information content (AvgIpc) is 2.44. The minimum atomic E-state index is 0.482. The number of hydrogen-bond donors (Lipinski definition) is 0. The molecule has 0 aromatic carbocycles. The van der Waals surface area contributed by atoms with Crippen LogP contribution in [-0.2, 0) is 7.05 Å². The molecule has 0 aliphatic carbocycles. The number of aryl methyl sites for hydroxylation is 1. The van der Waals surface area contributed by atoms with Gasteiger partial charge in [0.15, 0.2) is 0 Å². The van der Waals surface area contributed by atoms with Crippen molar-refractivity contribution in [1.29, 1.82) is 0 Å². The second-order valence-electron chi connectivity index (χ2n) is 4.68. The summed E-state index contributed by atoms with van der Waals surface area (Å²) in [6.07, 6.45) is 5.18. The Morgan fingerprint density at radius 1 is 1.25 bits per heavy atom. The molecule has 1 fully saturated rings. The van der Waals surface area contributed by atoms with Gasteiger partial charge in [0.2, 0.25) is 0 Å². The Labute approximate surface area is 98.3 Å². The normalized spacial score (nSPS) is 23.2. The SMILES string of the molecule is CC1N(C)CCCCN1c1cccc[n+]1C. The lowest BCUT2D eigenvalue weighted by molar-refractivity contribution is -0.659. The van der Waals surface area contributed by atoms with Gasteiger partial charge in [-0.3, -0.25) is 4.90 Å². The topological polar surface area (TPSA) is 10.4 Å². The molecule has 88 valence electrons. The molecule has 0 bridgehead atoms. The second-order valence-corrected chi connectivity index (χ2v) is 4.68. The van der Waals surface area contributed by atoms with Crippen LogP contribution in [0.15, 0.2) is 24.4 Å². The predicted octanol–water partition coefficient (Wildman–Crippen LogP) is 1.39. The van der Waals surface area contributed by atoms with Crippen LogP contribution in [-0.4, -0.2) is 31.2 Å². The molecule has 3 nitrogen and oxygen atoms in total. The molecule has 0 N–H and O–H groups in total. The second kappa shape index (κ2) is 4.83. The van der Waals surface area contributed by atoms with E-state index in [1.807, 2.05) is 0 Å². The fraction of sp³-hybridized carbons (Fsp3) is 0.615. The van der Waals surface area contributed by atoms with Gasteiger partial charge in [-0.25, -0.2) is 9.47 Å². The van der Waals surface area contributed by atoms with Gasteiger partial charge >= 0.3 is 0 Å². The molecule has 1 saturated heterocycles. The third-order valence-electron chi connectivity index (χ3n) is 3.57. The molecule has 3 heteroatoms. The highest BCUT2D eigenvalue weighted by atomic mass is 15.4. The third-order valence-corrected chi connectivity index (χ3v) is 3.57. The first-order chi connectivity index (χ1) is 7.70. The summed E-state index contributed by atoms with van der Waals surface area (Å²) in [7, 11) is 4.33. The summed E-state index contributed by atoms with van der Waals surface area (Å²) in [5.74, 6) is 1.31. The Hall–Kier alpha value is -1.09. The molecular weight excluding hydrogens is 198 g/mol. The molecule has 0 spiro atoms. The molecule has 1 aliphatic heterocycles. The molecule has 0 amide bonds. The standard InChI is InChI=1S/C13H22N3/c1-12-14(2)9-6-7-11-16(12)13-8-4-5-10-15(13)3/h4-5,8,10,12H,6-7,9,11H2,1-3H3/q+1. The Bertz CT molecular complexity index is 351. The zero-order valence-corrected chi connectivity index (χ0v) is 10.6. The predicted molar refractivity (Wildman–Crippen MR) is 66.3 cm³/mol. The van der Waals surface area contributed by atoms with E-state index in [0.29, 0.717) is 6.17 Å². The highest BCUT2D eigenvalue weighted by Gasteiger charge is 2.28. The van der Waals surface area contributed by atoms with Crippen molar-refractivity contribution in [1.82, 2.24) is 4.90 Å². The fourth-order valence-electron chi connectivity index (χ4n) is 2.37. The highest BCUT2D eigenvalue weighted by Crippen LogP contribution is 2.17. The summed E-state index contributed by atoms with van der Waals surface area (Å²) in [5, 5.41) is 0. The van der Waals surface area contributed by atoms with Crippen LogP contribution in [0.4, 0.5) is 5.82 Å². The van der Waals surface area contributed by atoms with Gasteiger partial charge in [0.1, 0.15) is 6.17 Å². The minimum absolute atomic E-state index is 0.482. The lowest BCUT2D eigenvalue weighted by Crippen LogP contribution is -2.48. The van der Waals surface area contributed by atoms with E-state index < -0.39 is 0 Å². The van der Waals surface area contributed by atoms with E-state index in [4.69, 9.17) is 0 Å². The van der Waals surface area contributed by atoms with E-state index in [1.54, 1.807) is 0 Å². The number of hydrogen-bond acceptors (Lipinski definition) is 2. The number of nitrogens with zero attached hydrogens (tertiary/aromatic N) is 3. The van der Waals surface area contributed by atoms with Crippen LogP contribution in [0.5, 0.6) is 0 Å². The maximum atomic E-state index is 2.49. The van der Waals surface area contributed by atoms with Crippen LogP contribution in [0.2, 0.25) is 0 Å². The van der Waals surface area contributed by atoms with Crippen molar-refractivity contribution < 1.29 is 4.57 Å². The van der Waals surface area contributed by atoms with Crippen molar-refractivity contribution >= 4 is 5.82 Å². The van der Waals surface area contributed by atoms with Gasteiger partial charge in [-0.2, -0.15) is 0 Å². The Kier molecular flexibility index (Phi) is 3.44. The Balaban J connectivity index is 2.27. The van der Waals surface area contributed by atoms with Gasteiger partial charge < -0.3 is 0 Å². The van der Waals surface area contributed by atoms with Crippen molar-refractivity contribution in [2.24, 2.45) is 7.05 Å². The van der Waals surface area contributed by atoms with Crippen molar-refractivity contribution in [2.45, 2.75) is 25.9 Å². The van der Waals surface area contributed by atoms with E-state index in [1.165, 1.54) is 25.2 Å². The zero-order chi connectivity index (χ0) is 11.5. The van der Waals surface area contributed by atoms with E-state index in [9.17, 15) is 0 Å². The zero-order valence-electron chi connectivity index (χ0n) is 10.6. The summed E-state index contributed by atoms with van der Waals surface area (Å²) in [5.41, 5.74) is 0. The maximum absolute atomic E-state index is 2.49. The molecule has 2 rings (SSSR count). The molecule has 1 atom stereocenters. The maximum Gasteiger partial charge on any atom is 0.277 e. The number of anilines is 1. The van der Waals surface area contributed by atoms with Crippen LogP contribution in [0.1, 0.15) is 19.8 Å². The average molecular weight is 220 g/mol. The Morgan fingerprint density at radius 3 is 2.75 bits per heavy atom. The van der Waals surface area contributed by atoms with Crippen LogP contribution >= 0.6 is 0 Å². The van der Waals surface area contributed by atoms with Crippen molar-refractivity contribution in [3.63, 3.8) is 0 Å². The minimum Gasteiger partial charge on any atom is -0.269 e. The number of rotatable bonds is 1. The van der Waals surface area contributed by atoms with Crippen LogP contribution in [0, 0.1) is 0 Å². The van der Waals surface area contributed by atoms with Gasteiger partial charge in [-0.15, -0.1) is 0 Å². The molecular formula is C13H22N3+. The molecule has 0 radical (unpaired) electrons. The third kappa shape index (κ3) is 2.19. The van der Waals surface area contributed by atoms with Gasteiger partial charge in [0, 0.05) is 12.6 Å². The molecule has 1 aromatic rings. The lowest BCUT2D eigenvalue weighted by atomic mass is 10.3. The Morgan fingerprint density at radius 2 is 2.00 bits per heavy atom. The van der Waals surface area contributed by atoms with Gasteiger partial charge in [0.25, 0.3) is 5.82 Å². The molecule has 0 saturated carbocycles. The van der Waals surface area contributed by atoms with E-state index in [0.717, 1.165) is 6.54 Å². The van der Waals surface area contributed by atoms with Crippen molar-refractivity contribution in [3.05, 3.63) is 24.4 Å². The summed E-state index contributed by atoms with van der Waals surface area (Å²) in [4.78, 5) is 4.92. The van der Waals surface area contributed by atoms with Crippen molar-refractivity contribution in [2.75, 3.05) is 25.0 Å². The first-order valence-electron chi connectivity index (χ1n) is 6.11. The van der Waals surface area contributed by atoms with Gasteiger partial charge in [-0.05, 0) is 32.9 Å². The molecule has 1 aromatic heterocycles. The highest BCUT2D eigenvalue weighted by molar-refractivity contribution is 5.33. The quantitative estimate of drug-likeness (QED) is 0.662. The van der Waals surface area contributed by atoms with Crippen LogP contribution in [0.25, 0.3) is 0 Å². The van der Waals surface area contributed by atoms with Crippen molar-refractivity contribution in [3.8, 4) is 0 Å². The van der Waals surface area contributed by atoms with E-state index in [-0.39, 0.29) is 0 Å². The summed E-state index contributed by atoms with van der Waals surface area (Å²) in [6, 6.07) is 6.40. The monoisotopic (exact) mass is 220 g/mol. The lowest BCUT2D eigenvalue weighted by Gasteiger charge is -2.28. The van der Waals surface area contributed by atoms with E-state index in [2.05, 4.69) is 59.8 Å². The van der Waals surface area contributed by atoms with E-state index >= 15 is 0 Å². The first-order valence-corrected chi connectivity index (χ1v) is 6.11. The van der Waals surface area contributed by atoms with Crippen LogP contribution in [0.3, 0.4) is 0 Å². The smallest absolute Gasteiger partial charge is 0.269 e. The summed E-state index contributed by atoms with van der Waals surface area (Å²) >= 11 is 0. The number of pyridine rings is 1. The first kappa shape index (κ1) is 11.4. The fourth-order valence-corrected chi connectivity index (χ4v) is 2.37. The summed E-state index contributed by atoms with van der Waals surface area (Å²) in [6.45, 7) is 4.65. The van der Waals surface area contributed by atoms with Gasteiger partial charge in [-0.1, -0.05) is 6.07 Å². The summed E-state index contributed by atoms with van der Waals surface area (Å²) < 4.78 is 2.20. The molecule has 1 unspecified atom stereocenters. The largest absolute Gasteiger partial charge is 0.277 e. The molecule has 2 heterocycles.